The lowest BCUT2D eigenvalue weighted by molar-refractivity contribution is -0.121. The summed E-state index contributed by atoms with van der Waals surface area (Å²) >= 11 is 0. The molecule has 0 saturated heterocycles. The number of carbonyl (C=O) groups is 1. The van der Waals surface area contributed by atoms with Crippen LogP contribution in [0.25, 0.3) is 0 Å². The van der Waals surface area contributed by atoms with Crippen LogP contribution in [0.4, 0.5) is 5.69 Å². The number of hydrogen-bond acceptors (Lipinski definition) is 4. The van der Waals surface area contributed by atoms with Gasteiger partial charge in [-0.05, 0) is 24.6 Å². The molecule has 6 nitrogen and oxygen atoms in total. The lowest BCUT2D eigenvalue weighted by Gasteiger charge is -2.08. The first-order valence-corrected chi connectivity index (χ1v) is 6.96. The Balaban J connectivity index is 1.55. The van der Waals surface area contributed by atoms with Gasteiger partial charge in [-0.3, -0.25) is 9.48 Å². The van der Waals surface area contributed by atoms with Crippen LogP contribution in [0.1, 0.15) is 12.8 Å². The summed E-state index contributed by atoms with van der Waals surface area (Å²) in [5, 5.41) is 6.95. The summed E-state index contributed by atoms with van der Waals surface area (Å²) < 4.78 is 7.31. The molecule has 0 bridgehead atoms. The summed E-state index contributed by atoms with van der Waals surface area (Å²) in [6, 6.07) is 9.05. The highest BCUT2D eigenvalue weighted by Gasteiger charge is 2.02. The van der Waals surface area contributed by atoms with Crippen molar-refractivity contribution in [3.63, 3.8) is 0 Å². The minimum Gasteiger partial charge on any atom is -0.493 e. The molecule has 1 aromatic carbocycles. The van der Waals surface area contributed by atoms with Crippen molar-refractivity contribution in [3.05, 3.63) is 42.7 Å². The van der Waals surface area contributed by atoms with Gasteiger partial charge in [-0.25, -0.2) is 0 Å². The standard InChI is InChI=1S/C15H20N4O2/c16-13-4-1-5-14(12-13)21-11-6-15(20)17-7-2-9-19-10-3-8-18-19/h1,3-5,8,10,12H,2,6-7,9,11,16H2,(H,17,20). The molecule has 0 saturated carbocycles. The van der Waals surface area contributed by atoms with Crippen LogP contribution < -0.4 is 15.8 Å². The van der Waals surface area contributed by atoms with E-state index in [1.165, 1.54) is 0 Å². The first kappa shape index (κ1) is 14.9. The van der Waals surface area contributed by atoms with Gasteiger partial charge < -0.3 is 15.8 Å². The fraction of sp³-hybridized carbons (Fsp3) is 0.333. The zero-order valence-electron chi connectivity index (χ0n) is 11.9. The number of nitrogens with zero attached hydrogens (tertiary/aromatic N) is 2. The molecule has 2 aromatic rings. The largest absolute Gasteiger partial charge is 0.493 e. The number of aromatic nitrogens is 2. The van der Waals surface area contributed by atoms with Gasteiger partial charge in [-0.2, -0.15) is 5.10 Å². The predicted molar refractivity (Wildman–Crippen MR) is 80.8 cm³/mol. The second kappa shape index (κ2) is 7.94. The Bertz CT molecular complexity index is 555. The second-order valence-corrected chi connectivity index (χ2v) is 4.64. The molecule has 112 valence electrons. The zero-order chi connectivity index (χ0) is 14.9. The molecule has 3 N–H and O–H groups in total. The third-order valence-corrected chi connectivity index (χ3v) is 2.90. The van der Waals surface area contributed by atoms with Gasteiger partial charge in [0.15, 0.2) is 0 Å². The van der Waals surface area contributed by atoms with Gasteiger partial charge in [0.25, 0.3) is 0 Å². The van der Waals surface area contributed by atoms with Crippen LogP contribution in [0.15, 0.2) is 42.7 Å². The first-order chi connectivity index (χ1) is 10.2. The van der Waals surface area contributed by atoms with Crippen molar-refractivity contribution < 1.29 is 9.53 Å². The molecule has 1 amide bonds. The minimum absolute atomic E-state index is 0.0145. The van der Waals surface area contributed by atoms with E-state index in [-0.39, 0.29) is 5.91 Å². The smallest absolute Gasteiger partial charge is 0.223 e. The molecule has 0 radical (unpaired) electrons. The van der Waals surface area contributed by atoms with Crippen molar-refractivity contribution in [2.45, 2.75) is 19.4 Å². The van der Waals surface area contributed by atoms with Gasteiger partial charge in [-0.15, -0.1) is 0 Å². The molecule has 0 aliphatic carbocycles. The van der Waals surface area contributed by atoms with E-state index in [1.54, 1.807) is 18.3 Å². The molecule has 0 unspecified atom stereocenters. The van der Waals surface area contributed by atoms with Crippen molar-refractivity contribution in [2.75, 3.05) is 18.9 Å². The monoisotopic (exact) mass is 288 g/mol. The fourth-order valence-corrected chi connectivity index (χ4v) is 1.86. The van der Waals surface area contributed by atoms with Gasteiger partial charge in [0.1, 0.15) is 5.75 Å². The third-order valence-electron chi connectivity index (χ3n) is 2.90. The molecule has 1 aromatic heterocycles. The lowest BCUT2D eigenvalue weighted by Crippen LogP contribution is -2.26. The van der Waals surface area contributed by atoms with Crippen molar-refractivity contribution in [2.24, 2.45) is 0 Å². The maximum Gasteiger partial charge on any atom is 0.223 e. The van der Waals surface area contributed by atoms with E-state index in [1.807, 2.05) is 29.1 Å². The van der Waals surface area contributed by atoms with Gasteiger partial charge in [0.05, 0.1) is 13.0 Å². The molecule has 1 heterocycles. The number of nitrogen functional groups attached to an aromatic ring is 1. The van der Waals surface area contributed by atoms with Crippen LogP contribution >= 0.6 is 0 Å². The Hall–Kier alpha value is -2.50. The van der Waals surface area contributed by atoms with E-state index in [2.05, 4.69) is 10.4 Å². The number of anilines is 1. The Labute approximate surface area is 123 Å². The zero-order valence-corrected chi connectivity index (χ0v) is 11.9. The number of carbonyl (C=O) groups excluding carboxylic acids is 1. The van der Waals surface area contributed by atoms with Crippen LogP contribution in [-0.4, -0.2) is 28.8 Å². The van der Waals surface area contributed by atoms with Crippen molar-refractivity contribution in [3.8, 4) is 5.75 Å². The number of aryl methyl sites for hydroxylation is 1. The Morgan fingerprint density at radius 1 is 1.38 bits per heavy atom. The molecular formula is C15H20N4O2. The number of amides is 1. The van der Waals surface area contributed by atoms with E-state index in [9.17, 15) is 4.79 Å². The molecule has 0 aliphatic heterocycles. The van der Waals surface area contributed by atoms with Crippen molar-refractivity contribution in [1.82, 2.24) is 15.1 Å². The summed E-state index contributed by atoms with van der Waals surface area (Å²) in [5.41, 5.74) is 6.29. The molecular weight excluding hydrogens is 268 g/mol. The number of rotatable bonds is 8. The Kier molecular flexibility index (Phi) is 5.63. The highest BCUT2D eigenvalue weighted by Crippen LogP contribution is 2.14. The van der Waals surface area contributed by atoms with Crippen molar-refractivity contribution >= 4 is 11.6 Å². The SMILES string of the molecule is Nc1cccc(OCCC(=O)NCCCn2cccn2)c1. The van der Waals surface area contributed by atoms with Gasteiger partial charge in [0.2, 0.25) is 5.91 Å². The van der Waals surface area contributed by atoms with Gasteiger partial charge in [-0.1, -0.05) is 6.07 Å². The maximum absolute atomic E-state index is 11.6. The molecule has 0 spiro atoms. The lowest BCUT2D eigenvalue weighted by atomic mass is 10.3. The third kappa shape index (κ3) is 5.56. The number of hydrogen-bond donors (Lipinski definition) is 2. The Morgan fingerprint density at radius 3 is 3.05 bits per heavy atom. The number of ether oxygens (including phenoxy) is 1. The summed E-state index contributed by atoms with van der Waals surface area (Å²) in [4.78, 5) is 11.6. The molecule has 21 heavy (non-hydrogen) atoms. The van der Waals surface area contributed by atoms with Crippen LogP contribution in [0.2, 0.25) is 0 Å². The fourth-order valence-electron chi connectivity index (χ4n) is 1.86. The number of benzene rings is 1. The second-order valence-electron chi connectivity index (χ2n) is 4.64. The molecule has 0 fully saturated rings. The number of nitrogens with two attached hydrogens (primary N) is 1. The van der Waals surface area contributed by atoms with Crippen LogP contribution in [0.3, 0.4) is 0 Å². The topological polar surface area (TPSA) is 82.2 Å². The Morgan fingerprint density at radius 2 is 2.29 bits per heavy atom. The highest BCUT2D eigenvalue weighted by molar-refractivity contribution is 5.75. The van der Waals surface area contributed by atoms with Crippen LogP contribution in [-0.2, 0) is 11.3 Å². The molecule has 0 aliphatic rings. The quantitative estimate of drug-likeness (QED) is 0.569. The van der Waals surface area contributed by atoms with Crippen LogP contribution in [0, 0.1) is 0 Å². The summed E-state index contributed by atoms with van der Waals surface area (Å²) in [7, 11) is 0. The van der Waals surface area contributed by atoms with E-state index >= 15 is 0 Å². The maximum atomic E-state index is 11.6. The molecule has 6 heteroatoms. The summed E-state index contributed by atoms with van der Waals surface area (Å²) in [6.07, 6.45) is 4.83. The van der Waals surface area contributed by atoms with E-state index in [0.717, 1.165) is 13.0 Å². The number of nitrogens with one attached hydrogen (secondary N) is 1. The van der Waals surface area contributed by atoms with E-state index in [0.29, 0.717) is 31.0 Å². The average Bonchev–Trinajstić information content (AvgIpc) is 2.97. The summed E-state index contributed by atoms with van der Waals surface area (Å²) in [6.45, 7) is 1.78. The molecule has 2 rings (SSSR count). The average molecular weight is 288 g/mol. The highest BCUT2D eigenvalue weighted by atomic mass is 16.5. The van der Waals surface area contributed by atoms with Crippen molar-refractivity contribution in [1.29, 1.82) is 0 Å². The minimum atomic E-state index is -0.0145. The van der Waals surface area contributed by atoms with Gasteiger partial charge in [0, 0.05) is 37.2 Å². The molecule has 0 atom stereocenters. The van der Waals surface area contributed by atoms with Crippen LogP contribution in [0.5, 0.6) is 5.75 Å². The normalized spacial score (nSPS) is 10.3. The van der Waals surface area contributed by atoms with E-state index in [4.69, 9.17) is 10.5 Å². The first-order valence-electron chi connectivity index (χ1n) is 6.96. The summed E-state index contributed by atoms with van der Waals surface area (Å²) in [5.74, 6) is 0.667. The van der Waals surface area contributed by atoms with E-state index < -0.39 is 0 Å². The predicted octanol–water partition coefficient (Wildman–Crippen LogP) is 1.44. The van der Waals surface area contributed by atoms with Gasteiger partial charge >= 0.3 is 0 Å².